The number of carbonyl (C=O) groups excluding carboxylic acids is 1. The molecule has 0 spiro atoms. The number of aliphatic hydroxyl groups is 1. The van der Waals surface area contributed by atoms with Gasteiger partial charge in [-0.3, -0.25) is 4.79 Å². The van der Waals surface area contributed by atoms with E-state index in [2.05, 4.69) is 33.5 Å². The second kappa shape index (κ2) is 9.19. The van der Waals surface area contributed by atoms with E-state index in [9.17, 15) is 9.90 Å². The number of amides is 1. The number of ether oxygens (including phenoxy) is 2. The third-order valence-electron chi connectivity index (χ3n) is 7.49. The SMILES string of the molecule is O=C(N1CCc2cc(-c3cnc4[nH]cc(Cl)c4c3)cc([C@@H]3COCCN3)c2C1)C1(O)CCOCC1. The van der Waals surface area contributed by atoms with E-state index in [0.29, 0.717) is 57.4 Å². The van der Waals surface area contributed by atoms with Gasteiger partial charge in [0.2, 0.25) is 0 Å². The van der Waals surface area contributed by atoms with E-state index in [1.165, 1.54) is 5.56 Å². The van der Waals surface area contributed by atoms with Gasteiger partial charge in [-0.05, 0) is 40.8 Å². The molecule has 3 aromatic rings. The zero-order valence-electron chi connectivity index (χ0n) is 19.5. The highest BCUT2D eigenvalue weighted by molar-refractivity contribution is 6.35. The quantitative estimate of drug-likeness (QED) is 0.515. The molecule has 0 unspecified atom stereocenters. The number of morpholine rings is 1. The number of fused-ring (bicyclic) bond motifs is 2. The average Bonchev–Trinajstić information content (AvgIpc) is 3.28. The van der Waals surface area contributed by atoms with Crippen LogP contribution in [0, 0.1) is 0 Å². The number of carbonyl (C=O) groups is 1. The predicted octanol–water partition coefficient (Wildman–Crippen LogP) is 2.97. The Hall–Kier alpha value is -2.49. The summed E-state index contributed by atoms with van der Waals surface area (Å²) in [7, 11) is 0. The van der Waals surface area contributed by atoms with Gasteiger partial charge in [0, 0.05) is 69.0 Å². The first kappa shape index (κ1) is 22.9. The molecular weight excluding hydrogens is 468 g/mol. The molecule has 5 heterocycles. The summed E-state index contributed by atoms with van der Waals surface area (Å²) < 4.78 is 11.2. The van der Waals surface area contributed by atoms with E-state index in [1.807, 2.05) is 11.1 Å². The Kier molecular flexibility index (Phi) is 6.02. The lowest BCUT2D eigenvalue weighted by Crippen LogP contribution is -2.53. The van der Waals surface area contributed by atoms with Gasteiger partial charge in [0.05, 0.1) is 24.3 Å². The van der Waals surface area contributed by atoms with Gasteiger partial charge >= 0.3 is 0 Å². The van der Waals surface area contributed by atoms with Gasteiger partial charge in [-0.2, -0.15) is 0 Å². The first-order chi connectivity index (χ1) is 17.0. The predicted molar refractivity (Wildman–Crippen MR) is 132 cm³/mol. The number of aromatic amines is 1. The fourth-order valence-corrected chi connectivity index (χ4v) is 5.66. The van der Waals surface area contributed by atoms with Gasteiger partial charge in [0.15, 0.2) is 0 Å². The lowest BCUT2D eigenvalue weighted by molar-refractivity contribution is -0.161. The molecule has 3 N–H and O–H groups in total. The lowest BCUT2D eigenvalue weighted by atomic mass is 9.86. The monoisotopic (exact) mass is 496 g/mol. The second-order valence-electron chi connectivity index (χ2n) is 9.66. The molecule has 1 amide bonds. The molecule has 0 aliphatic carbocycles. The molecule has 2 saturated heterocycles. The van der Waals surface area contributed by atoms with Crippen LogP contribution in [0.3, 0.4) is 0 Å². The van der Waals surface area contributed by atoms with Crippen LogP contribution >= 0.6 is 11.6 Å². The maximum absolute atomic E-state index is 13.3. The van der Waals surface area contributed by atoms with Gasteiger partial charge in [-0.1, -0.05) is 17.7 Å². The van der Waals surface area contributed by atoms with Crippen molar-refractivity contribution in [1.82, 2.24) is 20.2 Å². The summed E-state index contributed by atoms with van der Waals surface area (Å²) >= 11 is 6.36. The molecule has 0 bridgehead atoms. The summed E-state index contributed by atoms with van der Waals surface area (Å²) in [5, 5.41) is 16.1. The highest BCUT2D eigenvalue weighted by Crippen LogP contribution is 2.36. The summed E-state index contributed by atoms with van der Waals surface area (Å²) in [6, 6.07) is 6.49. The highest BCUT2D eigenvalue weighted by Gasteiger charge is 2.41. The summed E-state index contributed by atoms with van der Waals surface area (Å²) in [6.45, 7) is 3.91. The van der Waals surface area contributed by atoms with Crippen LogP contribution in [0.5, 0.6) is 0 Å². The minimum Gasteiger partial charge on any atom is -0.381 e. The molecule has 2 aromatic heterocycles. The van der Waals surface area contributed by atoms with Gasteiger partial charge < -0.3 is 29.8 Å². The normalized spacial score (nSPS) is 22.2. The van der Waals surface area contributed by atoms with Crippen molar-refractivity contribution in [2.24, 2.45) is 0 Å². The van der Waals surface area contributed by atoms with Crippen molar-refractivity contribution in [3.63, 3.8) is 0 Å². The van der Waals surface area contributed by atoms with Crippen molar-refractivity contribution in [3.05, 3.63) is 52.3 Å². The molecule has 0 radical (unpaired) electrons. The fourth-order valence-electron chi connectivity index (χ4n) is 5.46. The molecule has 9 heteroatoms. The minimum absolute atomic E-state index is 0.0335. The number of aromatic nitrogens is 2. The molecule has 3 aliphatic heterocycles. The first-order valence-electron chi connectivity index (χ1n) is 12.2. The Labute approximate surface area is 208 Å². The van der Waals surface area contributed by atoms with Gasteiger partial charge in [0.25, 0.3) is 5.91 Å². The molecule has 0 saturated carbocycles. The molecule has 184 valence electrons. The van der Waals surface area contributed by atoms with E-state index in [0.717, 1.165) is 46.3 Å². The fraction of sp³-hybridized carbons (Fsp3) is 0.462. The van der Waals surface area contributed by atoms with E-state index >= 15 is 0 Å². The van der Waals surface area contributed by atoms with Crippen molar-refractivity contribution in [1.29, 1.82) is 0 Å². The van der Waals surface area contributed by atoms with Crippen molar-refractivity contribution >= 4 is 28.5 Å². The van der Waals surface area contributed by atoms with Crippen LogP contribution in [-0.4, -0.2) is 71.0 Å². The molecule has 1 aromatic carbocycles. The van der Waals surface area contributed by atoms with Crippen LogP contribution in [0.25, 0.3) is 22.2 Å². The standard InChI is InChI=1S/C26H29ClN4O4/c27-22-13-30-24-20(22)11-18(12-29-24)17-9-16-1-5-31(25(32)26(33)2-6-34-7-3-26)14-21(16)19(10-17)23-15-35-8-4-28-23/h9-13,23,28,33H,1-8,14-15H2,(H,29,30)/t23-/m0/s1. The van der Waals surface area contributed by atoms with Crippen molar-refractivity contribution in [2.45, 2.75) is 37.5 Å². The zero-order valence-corrected chi connectivity index (χ0v) is 20.2. The van der Waals surface area contributed by atoms with Crippen LogP contribution in [-0.2, 0) is 27.2 Å². The van der Waals surface area contributed by atoms with Crippen LogP contribution < -0.4 is 5.32 Å². The van der Waals surface area contributed by atoms with Crippen LogP contribution in [0.15, 0.2) is 30.6 Å². The van der Waals surface area contributed by atoms with Crippen LogP contribution in [0.2, 0.25) is 5.02 Å². The maximum atomic E-state index is 13.3. The van der Waals surface area contributed by atoms with Gasteiger partial charge in [0.1, 0.15) is 11.2 Å². The Morgan fingerprint density at radius 2 is 2.03 bits per heavy atom. The Morgan fingerprint density at radius 3 is 2.83 bits per heavy atom. The topological polar surface area (TPSA) is 99.7 Å². The number of hydrogen-bond acceptors (Lipinski definition) is 6. The van der Waals surface area contributed by atoms with Gasteiger partial charge in [-0.15, -0.1) is 0 Å². The Balaban J connectivity index is 1.38. The number of hydrogen-bond donors (Lipinski definition) is 3. The van der Waals surface area contributed by atoms with E-state index in [4.69, 9.17) is 21.1 Å². The van der Waals surface area contributed by atoms with Crippen LogP contribution in [0.4, 0.5) is 0 Å². The summed E-state index contributed by atoms with van der Waals surface area (Å²) in [5.41, 5.74) is 4.98. The number of benzene rings is 1. The van der Waals surface area contributed by atoms with Crippen molar-refractivity contribution in [2.75, 3.05) is 39.5 Å². The molecule has 3 aliphatic rings. The molecule has 1 atom stereocenters. The van der Waals surface area contributed by atoms with Crippen molar-refractivity contribution < 1.29 is 19.4 Å². The third-order valence-corrected chi connectivity index (χ3v) is 7.81. The molecule has 8 nitrogen and oxygen atoms in total. The highest BCUT2D eigenvalue weighted by atomic mass is 35.5. The summed E-state index contributed by atoms with van der Waals surface area (Å²) in [5.74, 6) is -0.189. The number of pyridine rings is 1. The average molecular weight is 497 g/mol. The molecule has 2 fully saturated rings. The Morgan fingerprint density at radius 1 is 1.17 bits per heavy atom. The van der Waals surface area contributed by atoms with E-state index < -0.39 is 5.60 Å². The van der Waals surface area contributed by atoms with Crippen LogP contribution in [0.1, 0.15) is 35.6 Å². The number of rotatable bonds is 3. The number of nitrogens with zero attached hydrogens (tertiary/aromatic N) is 2. The maximum Gasteiger partial charge on any atom is 0.255 e. The number of H-pyrrole nitrogens is 1. The molecule has 35 heavy (non-hydrogen) atoms. The largest absolute Gasteiger partial charge is 0.381 e. The summed E-state index contributed by atoms with van der Waals surface area (Å²) in [4.78, 5) is 22.8. The van der Waals surface area contributed by atoms with Crippen molar-refractivity contribution in [3.8, 4) is 11.1 Å². The van der Waals surface area contributed by atoms with E-state index in [1.54, 1.807) is 6.20 Å². The smallest absolute Gasteiger partial charge is 0.255 e. The summed E-state index contributed by atoms with van der Waals surface area (Å²) in [6.07, 6.45) is 5.03. The lowest BCUT2D eigenvalue weighted by Gasteiger charge is -2.39. The zero-order chi connectivity index (χ0) is 24.0. The number of halogens is 1. The van der Waals surface area contributed by atoms with E-state index in [-0.39, 0.29) is 11.9 Å². The Bertz CT molecular complexity index is 1260. The minimum atomic E-state index is -1.33. The molecular formula is C26H29ClN4O4. The third kappa shape index (κ3) is 4.23. The first-order valence-corrected chi connectivity index (χ1v) is 12.6. The second-order valence-corrected chi connectivity index (χ2v) is 10.1. The number of nitrogens with one attached hydrogen (secondary N) is 2. The molecule has 6 rings (SSSR count). The van der Waals surface area contributed by atoms with Gasteiger partial charge in [-0.25, -0.2) is 4.98 Å².